The zero-order valence-corrected chi connectivity index (χ0v) is 14.0. The van der Waals surface area contributed by atoms with Gasteiger partial charge >= 0.3 is 0 Å². The van der Waals surface area contributed by atoms with E-state index < -0.39 is 0 Å². The molecule has 2 fully saturated rings. The molecular formula is C17H21Cl2NO2. The van der Waals surface area contributed by atoms with Gasteiger partial charge in [0.15, 0.2) is 0 Å². The summed E-state index contributed by atoms with van der Waals surface area (Å²) in [4.78, 5) is 14.0. The van der Waals surface area contributed by atoms with E-state index in [1.54, 1.807) is 6.07 Å². The average Bonchev–Trinajstić information content (AvgIpc) is 2.90. The Morgan fingerprint density at radius 1 is 1.27 bits per heavy atom. The number of rotatable bonds is 3. The first kappa shape index (κ1) is 16.1. The fraction of sp³-hybridized carbons (Fsp3) is 0.588. The first-order chi connectivity index (χ1) is 10.5. The molecule has 1 heterocycles. The quantitative estimate of drug-likeness (QED) is 0.910. The molecule has 0 aromatic heterocycles. The predicted octanol–water partition coefficient (Wildman–Crippen LogP) is 3.69. The molecule has 5 heteroatoms. The Morgan fingerprint density at radius 2 is 2.09 bits per heavy atom. The van der Waals surface area contributed by atoms with E-state index in [9.17, 15) is 9.90 Å². The number of halogens is 2. The van der Waals surface area contributed by atoms with Crippen molar-refractivity contribution in [3.63, 3.8) is 0 Å². The van der Waals surface area contributed by atoms with Crippen molar-refractivity contribution >= 4 is 29.1 Å². The normalized spacial score (nSPS) is 29.1. The third-order valence-electron chi connectivity index (χ3n) is 4.96. The lowest BCUT2D eigenvalue weighted by Crippen LogP contribution is -2.43. The van der Waals surface area contributed by atoms with E-state index in [-0.39, 0.29) is 24.0 Å². The van der Waals surface area contributed by atoms with Gasteiger partial charge in [0.1, 0.15) is 0 Å². The monoisotopic (exact) mass is 341 g/mol. The van der Waals surface area contributed by atoms with Crippen molar-refractivity contribution in [3.8, 4) is 0 Å². The van der Waals surface area contributed by atoms with Gasteiger partial charge in [-0.1, -0.05) is 29.3 Å². The number of carbonyl (C=O) groups is 1. The van der Waals surface area contributed by atoms with Crippen LogP contribution in [0.2, 0.25) is 10.0 Å². The molecule has 0 radical (unpaired) electrons. The lowest BCUT2D eigenvalue weighted by atomic mass is 9.79. The summed E-state index contributed by atoms with van der Waals surface area (Å²) in [6.07, 6.45) is 4.56. The Morgan fingerprint density at radius 3 is 2.77 bits per heavy atom. The van der Waals surface area contributed by atoms with Gasteiger partial charge in [-0.15, -0.1) is 0 Å². The van der Waals surface area contributed by atoms with E-state index >= 15 is 0 Å². The Hall–Kier alpha value is -0.770. The molecule has 1 aliphatic heterocycles. The van der Waals surface area contributed by atoms with E-state index in [1.165, 1.54) is 0 Å². The van der Waals surface area contributed by atoms with Crippen molar-refractivity contribution in [3.05, 3.63) is 33.8 Å². The zero-order valence-electron chi connectivity index (χ0n) is 12.5. The molecule has 22 heavy (non-hydrogen) atoms. The van der Waals surface area contributed by atoms with Crippen LogP contribution in [0.1, 0.15) is 37.7 Å². The molecule has 0 bridgehead atoms. The molecule has 1 aromatic rings. The standard InChI is InChI=1S/C17H21Cl2NO2/c18-13-4-3-11(15(19)10-13)8-12-9-14(5-6-16(12)21)20-7-1-2-17(20)22/h3-4,10,12,14,16,21H,1-2,5-9H2. The highest BCUT2D eigenvalue weighted by atomic mass is 35.5. The van der Waals surface area contributed by atoms with E-state index in [0.29, 0.717) is 16.5 Å². The molecule has 3 nitrogen and oxygen atoms in total. The molecule has 2 aliphatic rings. The second-order valence-corrected chi connectivity index (χ2v) is 7.27. The number of aliphatic hydroxyl groups excluding tert-OH is 1. The van der Waals surface area contributed by atoms with Crippen LogP contribution in [0, 0.1) is 5.92 Å². The molecule has 120 valence electrons. The van der Waals surface area contributed by atoms with E-state index in [0.717, 1.165) is 44.2 Å². The van der Waals surface area contributed by atoms with E-state index in [1.807, 2.05) is 17.0 Å². The van der Waals surface area contributed by atoms with Crippen molar-refractivity contribution in [2.45, 2.75) is 50.7 Å². The SMILES string of the molecule is O=C1CCCN1C1CCC(O)C(Cc2ccc(Cl)cc2Cl)C1. The molecule has 1 N–H and O–H groups in total. The first-order valence-electron chi connectivity index (χ1n) is 7.96. The number of benzene rings is 1. The van der Waals surface area contributed by atoms with Gasteiger partial charge in [0.05, 0.1) is 6.10 Å². The van der Waals surface area contributed by atoms with Gasteiger partial charge in [-0.05, 0) is 55.7 Å². The van der Waals surface area contributed by atoms with Crippen LogP contribution in [0.5, 0.6) is 0 Å². The highest BCUT2D eigenvalue weighted by Gasteiger charge is 2.35. The maximum absolute atomic E-state index is 11.9. The molecule has 1 aromatic carbocycles. The molecule has 3 atom stereocenters. The van der Waals surface area contributed by atoms with Crippen LogP contribution in [-0.2, 0) is 11.2 Å². The highest BCUT2D eigenvalue weighted by molar-refractivity contribution is 6.35. The van der Waals surface area contributed by atoms with Crippen LogP contribution < -0.4 is 0 Å². The van der Waals surface area contributed by atoms with Crippen molar-refractivity contribution in [2.75, 3.05) is 6.54 Å². The van der Waals surface area contributed by atoms with Crippen molar-refractivity contribution in [1.82, 2.24) is 4.90 Å². The molecule has 0 spiro atoms. The summed E-state index contributed by atoms with van der Waals surface area (Å²) in [7, 11) is 0. The number of hydrogen-bond donors (Lipinski definition) is 1. The van der Waals surface area contributed by atoms with Crippen LogP contribution in [-0.4, -0.2) is 34.6 Å². The van der Waals surface area contributed by atoms with Gasteiger partial charge < -0.3 is 10.0 Å². The fourth-order valence-electron chi connectivity index (χ4n) is 3.75. The van der Waals surface area contributed by atoms with E-state index in [2.05, 4.69) is 0 Å². The lowest BCUT2D eigenvalue weighted by molar-refractivity contribution is -0.131. The van der Waals surface area contributed by atoms with Crippen LogP contribution in [0.4, 0.5) is 0 Å². The van der Waals surface area contributed by atoms with Gasteiger partial charge in [-0.25, -0.2) is 0 Å². The van der Waals surface area contributed by atoms with Gasteiger partial charge in [0.2, 0.25) is 5.91 Å². The molecule has 3 rings (SSSR count). The maximum Gasteiger partial charge on any atom is 0.222 e. The smallest absolute Gasteiger partial charge is 0.222 e. The number of amides is 1. The summed E-state index contributed by atoms with van der Waals surface area (Å²) < 4.78 is 0. The minimum atomic E-state index is -0.319. The molecule has 1 amide bonds. The topological polar surface area (TPSA) is 40.5 Å². The highest BCUT2D eigenvalue weighted by Crippen LogP contribution is 2.34. The second kappa shape index (κ2) is 6.77. The minimum absolute atomic E-state index is 0.144. The van der Waals surface area contributed by atoms with Crippen molar-refractivity contribution in [2.24, 2.45) is 5.92 Å². The third kappa shape index (κ3) is 3.42. The number of carbonyl (C=O) groups excluding carboxylic acids is 1. The summed E-state index contributed by atoms with van der Waals surface area (Å²) >= 11 is 12.2. The second-order valence-electron chi connectivity index (χ2n) is 6.42. The van der Waals surface area contributed by atoms with Gasteiger partial charge in [-0.3, -0.25) is 4.79 Å². The van der Waals surface area contributed by atoms with Crippen LogP contribution in [0.3, 0.4) is 0 Å². The Kier molecular flexibility index (Phi) is 4.96. The number of nitrogens with zero attached hydrogens (tertiary/aromatic N) is 1. The summed E-state index contributed by atoms with van der Waals surface area (Å²) in [5.41, 5.74) is 1.02. The first-order valence-corrected chi connectivity index (χ1v) is 8.71. The predicted molar refractivity (Wildman–Crippen MR) is 88.2 cm³/mol. The summed E-state index contributed by atoms with van der Waals surface area (Å²) in [6, 6.07) is 5.78. The zero-order chi connectivity index (χ0) is 15.7. The molecule has 3 unspecified atom stereocenters. The number of hydrogen-bond acceptors (Lipinski definition) is 2. The Labute approximate surface area is 141 Å². The maximum atomic E-state index is 11.9. The van der Waals surface area contributed by atoms with Crippen LogP contribution in [0.15, 0.2) is 18.2 Å². The van der Waals surface area contributed by atoms with Gasteiger partial charge in [-0.2, -0.15) is 0 Å². The fourth-order valence-corrected chi connectivity index (χ4v) is 4.24. The molecule has 1 aliphatic carbocycles. The largest absolute Gasteiger partial charge is 0.393 e. The summed E-state index contributed by atoms with van der Waals surface area (Å²) in [5.74, 6) is 0.412. The number of likely N-dealkylation sites (tertiary alicyclic amines) is 1. The molecule has 1 saturated carbocycles. The Bertz CT molecular complexity index is 564. The van der Waals surface area contributed by atoms with Crippen molar-refractivity contribution < 1.29 is 9.90 Å². The molecular weight excluding hydrogens is 321 g/mol. The molecule has 1 saturated heterocycles. The Balaban J connectivity index is 1.70. The van der Waals surface area contributed by atoms with Crippen molar-refractivity contribution in [1.29, 1.82) is 0 Å². The minimum Gasteiger partial charge on any atom is -0.393 e. The third-order valence-corrected chi connectivity index (χ3v) is 5.55. The average molecular weight is 342 g/mol. The van der Waals surface area contributed by atoms with E-state index in [4.69, 9.17) is 23.2 Å². The van der Waals surface area contributed by atoms with Crippen LogP contribution >= 0.6 is 23.2 Å². The van der Waals surface area contributed by atoms with Crippen LogP contribution in [0.25, 0.3) is 0 Å². The van der Waals surface area contributed by atoms with Gasteiger partial charge in [0.25, 0.3) is 0 Å². The van der Waals surface area contributed by atoms with Gasteiger partial charge in [0, 0.05) is 29.1 Å². The summed E-state index contributed by atoms with van der Waals surface area (Å²) in [6.45, 7) is 0.869. The lowest BCUT2D eigenvalue weighted by Gasteiger charge is -2.38. The summed E-state index contributed by atoms with van der Waals surface area (Å²) in [5, 5.41) is 11.6. The number of aliphatic hydroxyl groups is 1.